The largest absolute Gasteiger partial charge is 0.352 e. The number of guanidine groups is 1. The summed E-state index contributed by atoms with van der Waals surface area (Å²) >= 11 is 0. The Bertz CT molecular complexity index is 560. The molecule has 0 aromatic heterocycles. The van der Waals surface area contributed by atoms with Crippen LogP contribution in [0.25, 0.3) is 0 Å². The number of fused-ring (bicyclic) bond motifs is 1. The van der Waals surface area contributed by atoms with E-state index in [0.29, 0.717) is 12.5 Å². The molecular formula is C17H26N4O. The number of carbonyl (C=O) groups is 1. The third-order valence-electron chi connectivity index (χ3n) is 3.61. The number of hydrogen-bond acceptors (Lipinski definition) is 2. The van der Waals surface area contributed by atoms with Gasteiger partial charge in [0.2, 0.25) is 5.91 Å². The second kappa shape index (κ2) is 6.81. The smallest absolute Gasteiger partial charge is 0.242 e. The average Bonchev–Trinajstić information content (AvgIpc) is 2.49. The van der Waals surface area contributed by atoms with Gasteiger partial charge >= 0.3 is 0 Å². The Morgan fingerprint density at radius 2 is 1.95 bits per heavy atom. The van der Waals surface area contributed by atoms with Gasteiger partial charge in [-0.3, -0.25) is 9.79 Å². The quantitative estimate of drug-likeness (QED) is 0.643. The van der Waals surface area contributed by atoms with Crippen molar-refractivity contribution in [2.75, 3.05) is 20.1 Å². The molecule has 0 saturated carbocycles. The minimum atomic E-state index is -0.0883. The van der Waals surface area contributed by atoms with Gasteiger partial charge in [0.05, 0.1) is 6.54 Å². The highest BCUT2D eigenvalue weighted by Gasteiger charge is 2.20. The summed E-state index contributed by atoms with van der Waals surface area (Å²) in [7, 11) is 1.71. The minimum absolute atomic E-state index is 0.0883. The molecule has 0 saturated heterocycles. The average molecular weight is 302 g/mol. The zero-order valence-electron chi connectivity index (χ0n) is 13.9. The van der Waals surface area contributed by atoms with E-state index in [1.54, 1.807) is 7.05 Å². The molecule has 22 heavy (non-hydrogen) atoms. The van der Waals surface area contributed by atoms with Crippen LogP contribution >= 0.6 is 0 Å². The Kier molecular flexibility index (Phi) is 5.06. The Morgan fingerprint density at radius 3 is 2.59 bits per heavy atom. The van der Waals surface area contributed by atoms with E-state index in [2.05, 4.69) is 54.6 Å². The molecule has 5 nitrogen and oxygen atoms in total. The van der Waals surface area contributed by atoms with Crippen molar-refractivity contribution in [3.05, 3.63) is 35.4 Å². The standard InChI is InChI=1S/C17H26N4O/c1-17(2,3)20-16(18-4)19-11-15(22)21-10-9-13-7-5-6-8-14(13)12-21/h5-8H,9-12H2,1-4H3,(H2,18,19,20). The first-order valence-electron chi connectivity index (χ1n) is 7.72. The Morgan fingerprint density at radius 1 is 1.27 bits per heavy atom. The Hall–Kier alpha value is -2.04. The predicted molar refractivity (Wildman–Crippen MR) is 89.8 cm³/mol. The number of amides is 1. The summed E-state index contributed by atoms with van der Waals surface area (Å²) in [5.74, 6) is 0.754. The highest BCUT2D eigenvalue weighted by atomic mass is 16.2. The SMILES string of the molecule is CN=C(NCC(=O)N1CCc2ccccc2C1)NC(C)(C)C. The van der Waals surface area contributed by atoms with Gasteiger partial charge in [-0.1, -0.05) is 24.3 Å². The summed E-state index contributed by atoms with van der Waals surface area (Å²) < 4.78 is 0. The van der Waals surface area contributed by atoms with Crippen molar-refractivity contribution in [3.63, 3.8) is 0 Å². The Labute approximate surface area is 132 Å². The molecule has 1 aliphatic rings. The first-order chi connectivity index (χ1) is 10.4. The third-order valence-corrected chi connectivity index (χ3v) is 3.61. The van der Waals surface area contributed by atoms with Gasteiger partial charge in [0.25, 0.3) is 0 Å². The number of nitrogens with one attached hydrogen (secondary N) is 2. The highest BCUT2D eigenvalue weighted by molar-refractivity contribution is 5.86. The molecule has 0 radical (unpaired) electrons. The maximum Gasteiger partial charge on any atom is 0.242 e. The van der Waals surface area contributed by atoms with Crippen molar-refractivity contribution >= 4 is 11.9 Å². The lowest BCUT2D eigenvalue weighted by molar-refractivity contribution is -0.130. The van der Waals surface area contributed by atoms with Crippen LogP contribution in [-0.4, -0.2) is 42.4 Å². The van der Waals surface area contributed by atoms with Gasteiger partial charge in [-0.05, 0) is 38.3 Å². The molecule has 1 aromatic carbocycles. The zero-order chi connectivity index (χ0) is 16.2. The van der Waals surface area contributed by atoms with Crippen molar-refractivity contribution < 1.29 is 4.79 Å². The molecule has 0 unspecified atom stereocenters. The number of benzene rings is 1. The highest BCUT2D eigenvalue weighted by Crippen LogP contribution is 2.18. The summed E-state index contributed by atoms with van der Waals surface area (Å²) in [6.07, 6.45) is 0.927. The molecule has 120 valence electrons. The molecule has 1 aromatic rings. The summed E-state index contributed by atoms with van der Waals surface area (Å²) in [5.41, 5.74) is 2.51. The van der Waals surface area contributed by atoms with Crippen LogP contribution in [0.15, 0.2) is 29.3 Å². The molecule has 5 heteroatoms. The van der Waals surface area contributed by atoms with Crippen molar-refractivity contribution in [1.82, 2.24) is 15.5 Å². The van der Waals surface area contributed by atoms with Gasteiger partial charge < -0.3 is 15.5 Å². The van der Waals surface area contributed by atoms with Crippen LogP contribution < -0.4 is 10.6 Å². The van der Waals surface area contributed by atoms with Crippen molar-refractivity contribution in [3.8, 4) is 0 Å². The summed E-state index contributed by atoms with van der Waals surface area (Å²) in [6, 6.07) is 8.33. The van der Waals surface area contributed by atoms with Gasteiger partial charge in [-0.15, -0.1) is 0 Å². The van der Waals surface area contributed by atoms with Crippen LogP contribution in [0.5, 0.6) is 0 Å². The number of aliphatic imine (C=N–C) groups is 1. The maximum atomic E-state index is 12.4. The van der Waals surface area contributed by atoms with Gasteiger partial charge in [0.1, 0.15) is 0 Å². The maximum absolute atomic E-state index is 12.4. The molecule has 1 amide bonds. The van der Waals surface area contributed by atoms with Crippen LogP contribution in [0.4, 0.5) is 0 Å². The molecule has 1 aliphatic heterocycles. The van der Waals surface area contributed by atoms with Gasteiger partial charge in [-0.2, -0.15) is 0 Å². The fourth-order valence-corrected chi connectivity index (χ4v) is 2.51. The Balaban J connectivity index is 1.88. The molecule has 2 rings (SSSR count). The first-order valence-corrected chi connectivity index (χ1v) is 7.72. The number of rotatable bonds is 2. The fraction of sp³-hybridized carbons (Fsp3) is 0.529. The molecular weight excluding hydrogens is 276 g/mol. The van der Waals surface area contributed by atoms with Gasteiger partial charge in [-0.25, -0.2) is 0 Å². The van der Waals surface area contributed by atoms with Crippen molar-refractivity contribution in [2.24, 2.45) is 4.99 Å². The van der Waals surface area contributed by atoms with E-state index in [1.165, 1.54) is 11.1 Å². The van der Waals surface area contributed by atoms with Crippen LogP contribution in [0.3, 0.4) is 0 Å². The van der Waals surface area contributed by atoms with E-state index in [9.17, 15) is 4.79 Å². The second-order valence-corrected chi connectivity index (χ2v) is 6.63. The van der Waals surface area contributed by atoms with Crippen LogP contribution in [-0.2, 0) is 17.8 Å². The number of hydrogen-bond donors (Lipinski definition) is 2. The van der Waals surface area contributed by atoms with E-state index < -0.39 is 0 Å². The van der Waals surface area contributed by atoms with Crippen molar-refractivity contribution in [1.29, 1.82) is 0 Å². The molecule has 0 aliphatic carbocycles. The first kappa shape index (κ1) is 16.3. The molecule has 2 N–H and O–H groups in total. The molecule has 0 spiro atoms. The lowest BCUT2D eigenvalue weighted by atomic mass is 10.00. The second-order valence-electron chi connectivity index (χ2n) is 6.63. The summed E-state index contributed by atoms with van der Waals surface area (Å²) in [6.45, 7) is 7.92. The van der Waals surface area contributed by atoms with Gasteiger partial charge in [0.15, 0.2) is 5.96 Å². The van der Waals surface area contributed by atoms with E-state index >= 15 is 0 Å². The van der Waals surface area contributed by atoms with E-state index in [4.69, 9.17) is 0 Å². The van der Waals surface area contributed by atoms with Crippen LogP contribution in [0.2, 0.25) is 0 Å². The third kappa shape index (κ3) is 4.48. The minimum Gasteiger partial charge on any atom is -0.352 e. The fourth-order valence-electron chi connectivity index (χ4n) is 2.51. The van der Waals surface area contributed by atoms with Crippen molar-refractivity contribution in [2.45, 2.75) is 39.3 Å². The normalized spacial score (nSPS) is 15.3. The molecule has 0 bridgehead atoms. The van der Waals surface area contributed by atoms with Crippen LogP contribution in [0, 0.1) is 0 Å². The zero-order valence-corrected chi connectivity index (χ0v) is 13.9. The lowest BCUT2D eigenvalue weighted by Crippen LogP contribution is -2.50. The molecule has 0 fully saturated rings. The number of nitrogens with zero attached hydrogens (tertiary/aromatic N) is 2. The molecule has 0 atom stereocenters. The molecule has 1 heterocycles. The van der Waals surface area contributed by atoms with E-state index in [0.717, 1.165) is 13.0 Å². The topological polar surface area (TPSA) is 56.7 Å². The number of carbonyl (C=O) groups excluding carboxylic acids is 1. The van der Waals surface area contributed by atoms with Crippen LogP contribution in [0.1, 0.15) is 31.9 Å². The monoisotopic (exact) mass is 302 g/mol. The summed E-state index contributed by atoms with van der Waals surface area (Å²) in [4.78, 5) is 18.4. The van der Waals surface area contributed by atoms with E-state index in [-0.39, 0.29) is 18.0 Å². The van der Waals surface area contributed by atoms with Gasteiger partial charge in [0, 0.05) is 25.7 Å². The van der Waals surface area contributed by atoms with E-state index in [1.807, 2.05) is 11.0 Å². The lowest BCUT2D eigenvalue weighted by Gasteiger charge is -2.29. The summed E-state index contributed by atoms with van der Waals surface area (Å²) in [5, 5.41) is 6.34. The predicted octanol–water partition coefficient (Wildman–Crippen LogP) is 1.53.